The molecule has 12 heavy (non-hydrogen) atoms. The van der Waals surface area contributed by atoms with Crippen LogP contribution in [0.15, 0.2) is 11.6 Å². The molecular weight excluding hydrogens is 146 g/mol. The van der Waals surface area contributed by atoms with Gasteiger partial charge in [0.1, 0.15) is 0 Å². The highest BCUT2D eigenvalue weighted by atomic mass is 14.5. The normalized spacial score (nSPS) is 32.3. The molecule has 0 spiro atoms. The third-order valence-electron chi connectivity index (χ3n) is 2.78. The van der Waals surface area contributed by atoms with Crippen LogP contribution in [0.25, 0.3) is 0 Å². The van der Waals surface area contributed by atoms with Crippen LogP contribution in [0.3, 0.4) is 0 Å². The maximum Gasteiger partial charge on any atom is 0.0661 e. The topological polar surface area (TPSA) is 23.8 Å². The summed E-state index contributed by atoms with van der Waals surface area (Å²) in [5.74, 6) is 0.336. The largest absolute Gasteiger partial charge is 0.198 e. The van der Waals surface area contributed by atoms with Gasteiger partial charge in [-0.25, -0.2) is 0 Å². The highest BCUT2D eigenvalue weighted by Crippen LogP contribution is 2.55. The third-order valence-corrected chi connectivity index (χ3v) is 2.78. The molecule has 1 fully saturated rings. The predicted octanol–water partition coefficient (Wildman–Crippen LogP) is 3.28. The summed E-state index contributed by atoms with van der Waals surface area (Å²) < 4.78 is 0. The summed E-state index contributed by atoms with van der Waals surface area (Å²) in [5.41, 5.74) is 1.73. The molecule has 1 saturated carbocycles. The Labute approximate surface area is 75.1 Å². The molecule has 0 aromatic carbocycles. The van der Waals surface area contributed by atoms with Crippen molar-refractivity contribution >= 4 is 0 Å². The van der Waals surface area contributed by atoms with Gasteiger partial charge in [-0.3, -0.25) is 0 Å². The predicted molar refractivity (Wildman–Crippen MR) is 50.5 cm³/mol. The molecule has 2 atom stereocenters. The van der Waals surface area contributed by atoms with E-state index in [1.54, 1.807) is 0 Å². The summed E-state index contributed by atoms with van der Waals surface area (Å²) in [6, 6.07) is 2.35. The second-order valence-electron chi connectivity index (χ2n) is 4.36. The molecular formula is C11H17N. The van der Waals surface area contributed by atoms with Gasteiger partial charge < -0.3 is 0 Å². The fraction of sp³-hybridized carbons (Fsp3) is 0.727. The molecule has 0 aromatic heterocycles. The molecule has 0 heterocycles. The van der Waals surface area contributed by atoms with Crippen LogP contribution < -0.4 is 0 Å². The zero-order chi connectivity index (χ0) is 9.19. The molecule has 66 valence electrons. The third kappa shape index (κ3) is 2.11. The quantitative estimate of drug-likeness (QED) is 0.586. The number of nitrogens with zero attached hydrogens (tertiary/aromatic N) is 1. The van der Waals surface area contributed by atoms with E-state index in [0.29, 0.717) is 11.3 Å². The van der Waals surface area contributed by atoms with Crippen molar-refractivity contribution in [3.05, 3.63) is 11.6 Å². The van der Waals surface area contributed by atoms with Crippen LogP contribution in [0, 0.1) is 22.7 Å². The van der Waals surface area contributed by atoms with E-state index < -0.39 is 0 Å². The van der Waals surface area contributed by atoms with E-state index in [9.17, 15) is 0 Å². The molecule has 0 unspecified atom stereocenters. The van der Waals surface area contributed by atoms with E-state index >= 15 is 0 Å². The summed E-state index contributed by atoms with van der Waals surface area (Å²) in [6.45, 7) is 6.47. The maximum absolute atomic E-state index is 8.68. The van der Waals surface area contributed by atoms with Crippen molar-refractivity contribution < 1.29 is 0 Å². The summed E-state index contributed by atoms with van der Waals surface area (Å²) >= 11 is 0. The minimum Gasteiger partial charge on any atom is -0.198 e. The van der Waals surface area contributed by atoms with Crippen molar-refractivity contribution in [2.45, 2.75) is 40.0 Å². The van der Waals surface area contributed by atoms with Crippen LogP contribution in [0.5, 0.6) is 0 Å². The van der Waals surface area contributed by atoms with E-state index in [-0.39, 0.29) is 0 Å². The van der Waals surface area contributed by atoms with Crippen LogP contribution in [-0.4, -0.2) is 0 Å². The molecule has 0 N–H and O–H groups in total. The minimum absolute atomic E-state index is 0.336. The SMILES string of the molecule is CC(C)=CCC[C@@]1(C)C[C@@H]1C#N. The summed E-state index contributed by atoms with van der Waals surface area (Å²) in [5, 5.41) is 8.68. The Morgan fingerprint density at radius 1 is 1.67 bits per heavy atom. The Bertz CT molecular complexity index is 230. The summed E-state index contributed by atoms with van der Waals surface area (Å²) in [6.07, 6.45) is 5.69. The Morgan fingerprint density at radius 2 is 2.33 bits per heavy atom. The van der Waals surface area contributed by atoms with Crippen LogP contribution in [-0.2, 0) is 0 Å². The van der Waals surface area contributed by atoms with Crippen LogP contribution in [0.4, 0.5) is 0 Å². The molecule has 0 radical (unpaired) electrons. The first kappa shape index (κ1) is 9.32. The Hall–Kier alpha value is -0.770. The van der Waals surface area contributed by atoms with Gasteiger partial charge >= 0.3 is 0 Å². The lowest BCUT2D eigenvalue weighted by atomic mass is 9.99. The van der Waals surface area contributed by atoms with Gasteiger partial charge in [0.15, 0.2) is 0 Å². The van der Waals surface area contributed by atoms with Crippen LogP contribution >= 0.6 is 0 Å². The molecule has 0 saturated heterocycles. The van der Waals surface area contributed by atoms with Crippen LogP contribution in [0.1, 0.15) is 40.0 Å². The summed E-state index contributed by atoms with van der Waals surface area (Å²) in [4.78, 5) is 0. The molecule has 0 bridgehead atoms. The maximum atomic E-state index is 8.68. The van der Waals surface area contributed by atoms with E-state index in [0.717, 1.165) is 12.8 Å². The number of hydrogen-bond donors (Lipinski definition) is 0. The van der Waals surface area contributed by atoms with Crippen LogP contribution in [0.2, 0.25) is 0 Å². The van der Waals surface area contributed by atoms with Gasteiger partial charge in [0.25, 0.3) is 0 Å². The number of rotatable bonds is 3. The van der Waals surface area contributed by atoms with Gasteiger partial charge in [-0.05, 0) is 38.5 Å². The van der Waals surface area contributed by atoms with E-state index in [4.69, 9.17) is 5.26 Å². The minimum atomic E-state index is 0.336. The van der Waals surface area contributed by atoms with Crippen molar-refractivity contribution in [1.29, 1.82) is 5.26 Å². The Balaban J connectivity index is 2.27. The van der Waals surface area contributed by atoms with E-state index in [1.807, 2.05) is 0 Å². The lowest BCUT2D eigenvalue weighted by molar-refractivity contribution is 0.497. The molecule has 0 amide bonds. The lowest BCUT2D eigenvalue weighted by Gasteiger charge is -2.05. The fourth-order valence-electron chi connectivity index (χ4n) is 1.58. The Kier molecular flexibility index (Phi) is 2.57. The lowest BCUT2D eigenvalue weighted by Crippen LogP contribution is -1.95. The smallest absolute Gasteiger partial charge is 0.0661 e. The molecule has 1 aliphatic rings. The average Bonchev–Trinajstić information content (AvgIpc) is 2.61. The zero-order valence-electron chi connectivity index (χ0n) is 8.22. The Morgan fingerprint density at radius 3 is 2.75 bits per heavy atom. The molecule has 1 nitrogen and oxygen atoms in total. The van der Waals surface area contributed by atoms with Gasteiger partial charge in [0.2, 0.25) is 0 Å². The van der Waals surface area contributed by atoms with Gasteiger partial charge in [-0.1, -0.05) is 18.6 Å². The molecule has 1 rings (SSSR count). The number of allylic oxidation sites excluding steroid dienone is 2. The zero-order valence-corrected chi connectivity index (χ0v) is 8.22. The van der Waals surface area contributed by atoms with Gasteiger partial charge in [0, 0.05) is 0 Å². The average molecular weight is 163 g/mol. The van der Waals surface area contributed by atoms with Gasteiger partial charge in [-0.2, -0.15) is 5.26 Å². The fourth-order valence-corrected chi connectivity index (χ4v) is 1.58. The van der Waals surface area contributed by atoms with Crippen molar-refractivity contribution in [1.82, 2.24) is 0 Å². The first-order chi connectivity index (χ1) is 5.58. The van der Waals surface area contributed by atoms with E-state index in [1.165, 1.54) is 12.0 Å². The summed E-state index contributed by atoms with van der Waals surface area (Å²) in [7, 11) is 0. The number of hydrogen-bond acceptors (Lipinski definition) is 1. The molecule has 0 aromatic rings. The van der Waals surface area contributed by atoms with E-state index in [2.05, 4.69) is 32.9 Å². The first-order valence-corrected chi connectivity index (χ1v) is 4.61. The first-order valence-electron chi connectivity index (χ1n) is 4.61. The highest BCUT2D eigenvalue weighted by molar-refractivity contribution is 5.10. The monoisotopic (exact) mass is 163 g/mol. The second-order valence-corrected chi connectivity index (χ2v) is 4.36. The van der Waals surface area contributed by atoms with Gasteiger partial charge in [-0.15, -0.1) is 0 Å². The van der Waals surface area contributed by atoms with Crippen molar-refractivity contribution in [3.63, 3.8) is 0 Å². The number of nitriles is 1. The van der Waals surface area contributed by atoms with Crippen molar-refractivity contribution in [2.75, 3.05) is 0 Å². The van der Waals surface area contributed by atoms with Crippen molar-refractivity contribution in [3.8, 4) is 6.07 Å². The van der Waals surface area contributed by atoms with Crippen molar-refractivity contribution in [2.24, 2.45) is 11.3 Å². The highest BCUT2D eigenvalue weighted by Gasteiger charge is 2.49. The molecule has 1 aliphatic carbocycles. The molecule has 1 heteroatoms. The second kappa shape index (κ2) is 3.31. The van der Waals surface area contributed by atoms with Gasteiger partial charge in [0.05, 0.1) is 12.0 Å². The molecule has 0 aliphatic heterocycles. The standard InChI is InChI=1S/C11H17N/c1-9(2)5-4-6-11(3)7-10(11)8-12/h5,10H,4,6-7H2,1-3H3/t10-,11+/m1/s1.